The van der Waals surface area contributed by atoms with Gasteiger partial charge in [0.05, 0.1) is 0 Å². The molecule has 0 unspecified atom stereocenters. The van der Waals surface area contributed by atoms with Gasteiger partial charge in [0, 0.05) is 0 Å². The molecule has 0 aliphatic heterocycles. The molecule has 0 heterocycles. The Kier molecular flexibility index (Phi) is 16.2. The van der Waals surface area contributed by atoms with E-state index in [0.717, 1.165) is 40.4 Å². The maximum Gasteiger partial charge on any atom is -0.172 e. The fraction of sp³-hybridized carbons (Fsp3) is 0.362. The molecule has 1 aliphatic carbocycles. The molecule has 5 heteroatoms. The second-order valence-electron chi connectivity index (χ2n) is 17.5. The monoisotopic (exact) mass is 938 g/mol. The Hall–Kier alpha value is -1.87. The number of fused-ring (bicyclic) bond motifs is 3. The molecule has 0 aromatic heterocycles. The first kappa shape index (κ1) is 46.3. The third kappa shape index (κ3) is 11.8. The maximum atomic E-state index is 5.87. The van der Waals surface area contributed by atoms with Gasteiger partial charge in [-0.25, -0.2) is 12.1 Å². The molecule has 6 rings (SSSR count). The molecule has 0 spiro atoms. The molecule has 0 amide bonds. The minimum atomic E-state index is 0. The summed E-state index contributed by atoms with van der Waals surface area (Å²) < 4.78 is 1.35. The van der Waals surface area contributed by atoms with Gasteiger partial charge in [0.1, 0.15) is 0 Å². The Morgan fingerprint density at radius 3 is 1.35 bits per heavy atom. The van der Waals surface area contributed by atoms with Crippen molar-refractivity contribution in [3.63, 3.8) is 0 Å². The summed E-state index contributed by atoms with van der Waals surface area (Å²) in [6.07, 6.45) is 1.01. The molecular formula is C47H54Cl4Hf-2. The second-order valence-corrected chi connectivity index (χ2v) is 20.2. The van der Waals surface area contributed by atoms with E-state index in [1.807, 2.05) is 54.6 Å². The predicted molar refractivity (Wildman–Crippen MR) is 216 cm³/mol. The van der Waals surface area contributed by atoms with Crippen LogP contribution in [0.1, 0.15) is 128 Å². The quantitative estimate of drug-likeness (QED) is 0.123. The van der Waals surface area contributed by atoms with E-state index in [2.05, 4.69) is 132 Å². The van der Waals surface area contributed by atoms with Crippen LogP contribution in [0.15, 0.2) is 97.1 Å². The van der Waals surface area contributed by atoms with E-state index < -0.39 is 0 Å². The Morgan fingerprint density at radius 1 is 0.577 bits per heavy atom. The van der Waals surface area contributed by atoms with Crippen LogP contribution < -0.4 is 24.8 Å². The van der Waals surface area contributed by atoms with Crippen molar-refractivity contribution in [2.45, 2.75) is 111 Å². The molecule has 5 aromatic rings. The molecule has 0 nitrogen and oxygen atoms in total. The molecular weight excluding hydrogens is 885 g/mol. The largest absolute Gasteiger partial charge is 1.00 e. The van der Waals surface area contributed by atoms with Gasteiger partial charge in [-0.3, -0.25) is 0 Å². The van der Waals surface area contributed by atoms with Gasteiger partial charge in [0.2, 0.25) is 0 Å². The average Bonchev–Trinajstić information content (AvgIpc) is 3.71. The van der Waals surface area contributed by atoms with E-state index >= 15 is 0 Å². The standard InChI is InChI=1S/C29H41.C13H8Cl2.C5H5.2ClH.Hf/c1-26(2,3)22-14-18-13-19-15-23(27(4,5)6)25(29(10,11)12)17-21(19)20(18)16-24(22)28(7,8)9;14-12-5-1-10(2-6-12)9-11-3-7-13(15)8-4-11;1-2-4-5-3-1;;;/h14,16-17H,13H2,1-12H3;1-8H;1-5H;2*1H;/q-1;;-1;;;+2/p-2. The van der Waals surface area contributed by atoms with Gasteiger partial charge in [-0.15, -0.1) is 16.7 Å². The van der Waals surface area contributed by atoms with Crippen LogP contribution in [0, 0.1) is 6.07 Å². The van der Waals surface area contributed by atoms with E-state index in [1.165, 1.54) is 58.9 Å². The van der Waals surface area contributed by atoms with Crippen molar-refractivity contribution >= 4 is 26.5 Å². The van der Waals surface area contributed by atoms with Crippen molar-refractivity contribution in [2.75, 3.05) is 0 Å². The molecule has 0 N–H and O–H groups in total. The van der Waals surface area contributed by atoms with Crippen LogP contribution in [-0.2, 0) is 52.0 Å². The van der Waals surface area contributed by atoms with Crippen molar-refractivity contribution in [2.24, 2.45) is 0 Å². The van der Waals surface area contributed by atoms with Gasteiger partial charge in [0.15, 0.2) is 0 Å². The van der Waals surface area contributed by atoms with Gasteiger partial charge in [-0.05, 0) is 39.4 Å². The zero-order valence-electron chi connectivity index (χ0n) is 33.0. The van der Waals surface area contributed by atoms with Crippen LogP contribution in [0.4, 0.5) is 0 Å². The summed E-state index contributed by atoms with van der Waals surface area (Å²) in [7, 11) is 0. The van der Waals surface area contributed by atoms with Crippen molar-refractivity contribution in [1.82, 2.24) is 0 Å². The summed E-state index contributed by atoms with van der Waals surface area (Å²) in [5.41, 5.74) is 14.4. The fourth-order valence-electron chi connectivity index (χ4n) is 6.35. The summed E-state index contributed by atoms with van der Waals surface area (Å²) in [6, 6.07) is 37.3. The van der Waals surface area contributed by atoms with Crippen LogP contribution >= 0.6 is 23.2 Å². The number of hydrogen-bond acceptors (Lipinski definition) is 0. The first-order valence-corrected chi connectivity index (χ1v) is 20.2. The minimum Gasteiger partial charge on any atom is -1.00 e. The molecule has 0 saturated heterocycles. The molecule has 1 aliphatic rings. The van der Waals surface area contributed by atoms with Crippen molar-refractivity contribution in [1.29, 1.82) is 0 Å². The van der Waals surface area contributed by atoms with E-state index in [0.29, 0.717) is 0 Å². The summed E-state index contributed by atoms with van der Waals surface area (Å²) in [4.78, 5) is 0. The van der Waals surface area contributed by atoms with E-state index in [9.17, 15) is 0 Å². The SMILES string of the molecule is CC(C)(C)c1[c-]c2c(cc1C(C)(C)C)-c1cc(C(C)(C)C)c(C(C)(C)C)cc1C2.Clc1ccc([C](=[Hf+2])c2ccc(Cl)cc2)cc1.[Cl-].[Cl-].c1cc[cH-]c1. The Balaban J connectivity index is 0.000000340. The molecule has 5 aromatic carbocycles. The summed E-state index contributed by atoms with van der Waals surface area (Å²) >= 11 is 12.7. The van der Waals surface area contributed by atoms with Crippen molar-refractivity contribution < 1.29 is 48.7 Å². The second kappa shape index (κ2) is 18.2. The first-order chi connectivity index (χ1) is 23.1. The molecule has 276 valence electrons. The van der Waals surface area contributed by atoms with Gasteiger partial charge in [-0.1, -0.05) is 106 Å². The van der Waals surface area contributed by atoms with Crippen LogP contribution in [0.2, 0.25) is 10.0 Å². The van der Waals surface area contributed by atoms with E-state index in [-0.39, 0.29) is 46.5 Å². The third-order valence-corrected chi connectivity index (χ3v) is 11.6. The fourth-order valence-corrected chi connectivity index (χ4v) is 7.79. The Labute approximate surface area is 352 Å². The van der Waals surface area contributed by atoms with Crippen LogP contribution in [0.3, 0.4) is 0 Å². The molecule has 0 radical (unpaired) electrons. The van der Waals surface area contributed by atoms with Crippen LogP contribution in [0.25, 0.3) is 11.1 Å². The van der Waals surface area contributed by atoms with Gasteiger partial charge >= 0.3 is 120 Å². The summed E-state index contributed by atoms with van der Waals surface area (Å²) in [5, 5.41) is 1.55. The number of hydrogen-bond donors (Lipinski definition) is 0. The third-order valence-electron chi connectivity index (χ3n) is 9.06. The van der Waals surface area contributed by atoms with E-state index in [1.54, 1.807) is 0 Å². The predicted octanol–water partition coefficient (Wildman–Crippen LogP) is 7.77. The number of benzene rings is 4. The molecule has 52 heavy (non-hydrogen) atoms. The molecule has 0 bridgehead atoms. The summed E-state index contributed by atoms with van der Waals surface area (Å²) in [5.74, 6) is 0. The molecule has 0 atom stereocenters. The number of rotatable bonds is 2. The number of halogens is 4. The normalized spacial score (nSPS) is 12.2. The smallest absolute Gasteiger partial charge is 0.172 e. The van der Waals surface area contributed by atoms with Crippen LogP contribution in [0.5, 0.6) is 0 Å². The van der Waals surface area contributed by atoms with Gasteiger partial charge < -0.3 is 24.8 Å². The topological polar surface area (TPSA) is 0 Å². The minimum absolute atomic E-state index is 0. The molecule has 0 fully saturated rings. The summed E-state index contributed by atoms with van der Waals surface area (Å²) in [6.45, 7) is 28.0. The van der Waals surface area contributed by atoms with Gasteiger partial charge in [-0.2, -0.15) is 35.9 Å². The first-order valence-electron chi connectivity index (χ1n) is 17.6. The Morgan fingerprint density at radius 2 is 0.981 bits per heavy atom. The van der Waals surface area contributed by atoms with Crippen molar-refractivity contribution in [3.05, 3.63) is 158 Å². The van der Waals surface area contributed by atoms with Crippen molar-refractivity contribution in [3.8, 4) is 11.1 Å². The van der Waals surface area contributed by atoms with Crippen LogP contribution in [-0.4, -0.2) is 3.26 Å². The van der Waals surface area contributed by atoms with Gasteiger partial charge in [0.25, 0.3) is 0 Å². The van der Waals surface area contributed by atoms with E-state index in [4.69, 9.17) is 23.2 Å². The Bertz CT molecular complexity index is 1760. The average molecular weight is 939 g/mol. The maximum absolute atomic E-state index is 5.87. The zero-order chi connectivity index (χ0) is 37.2. The zero-order valence-corrected chi connectivity index (χ0v) is 39.6. The molecule has 0 saturated carbocycles.